The SMILES string of the molecule is S=c1[nH]ncn1/N=C\c1cc(Br)cs1. The van der Waals surface area contributed by atoms with E-state index in [9.17, 15) is 0 Å². The Bertz CT molecular complexity index is 509. The van der Waals surface area contributed by atoms with Crippen molar-refractivity contribution in [1.82, 2.24) is 14.9 Å². The first-order valence-electron chi connectivity index (χ1n) is 3.66. The molecule has 0 radical (unpaired) electrons. The topological polar surface area (TPSA) is 46.0 Å². The first kappa shape index (κ1) is 9.75. The third-order valence-corrected chi connectivity index (χ3v) is 3.34. The Labute approximate surface area is 97.4 Å². The lowest BCUT2D eigenvalue weighted by Crippen LogP contribution is -1.86. The van der Waals surface area contributed by atoms with Gasteiger partial charge in [0.2, 0.25) is 4.77 Å². The van der Waals surface area contributed by atoms with Gasteiger partial charge in [-0.25, -0.2) is 0 Å². The van der Waals surface area contributed by atoms with Gasteiger partial charge in [0.25, 0.3) is 0 Å². The van der Waals surface area contributed by atoms with Gasteiger partial charge in [-0.3, -0.25) is 5.10 Å². The van der Waals surface area contributed by atoms with Crippen LogP contribution in [0.1, 0.15) is 4.88 Å². The van der Waals surface area contributed by atoms with Crippen LogP contribution < -0.4 is 0 Å². The van der Waals surface area contributed by atoms with Gasteiger partial charge < -0.3 is 0 Å². The Hall–Kier alpha value is -0.790. The van der Waals surface area contributed by atoms with Gasteiger partial charge >= 0.3 is 0 Å². The summed E-state index contributed by atoms with van der Waals surface area (Å²) < 4.78 is 3.04. The van der Waals surface area contributed by atoms with Crippen LogP contribution in [0.15, 0.2) is 27.3 Å². The predicted molar refractivity (Wildman–Crippen MR) is 62.4 cm³/mol. The number of thiophene rings is 1. The van der Waals surface area contributed by atoms with E-state index in [-0.39, 0.29) is 0 Å². The standard InChI is InChI=1S/C7H5BrN4S2/c8-5-1-6(14-3-5)2-10-12-4-9-11-7(12)13/h1-4H,(H,11,13)/b10-2-. The molecule has 0 saturated heterocycles. The summed E-state index contributed by atoms with van der Waals surface area (Å²) in [5.74, 6) is 0. The third-order valence-electron chi connectivity index (χ3n) is 1.43. The van der Waals surface area contributed by atoms with Gasteiger partial charge in [0.1, 0.15) is 6.33 Å². The first-order chi connectivity index (χ1) is 6.75. The van der Waals surface area contributed by atoms with Crippen LogP contribution in [-0.2, 0) is 0 Å². The molecule has 14 heavy (non-hydrogen) atoms. The Balaban J connectivity index is 2.23. The number of halogens is 1. The van der Waals surface area contributed by atoms with Crippen molar-refractivity contribution in [3.63, 3.8) is 0 Å². The second kappa shape index (κ2) is 4.16. The molecule has 2 aromatic heterocycles. The summed E-state index contributed by atoms with van der Waals surface area (Å²) >= 11 is 9.90. The Morgan fingerprint density at radius 2 is 2.57 bits per heavy atom. The van der Waals surface area contributed by atoms with Gasteiger partial charge in [-0.2, -0.15) is 14.9 Å². The molecule has 7 heteroatoms. The fraction of sp³-hybridized carbons (Fsp3) is 0. The van der Waals surface area contributed by atoms with Crippen LogP contribution in [0, 0.1) is 4.77 Å². The average Bonchev–Trinajstić information content (AvgIpc) is 2.72. The van der Waals surface area contributed by atoms with E-state index in [1.54, 1.807) is 17.6 Å². The molecule has 0 bridgehead atoms. The molecule has 2 heterocycles. The number of nitrogens with one attached hydrogen (secondary N) is 1. The summed E-state index contributed by atoms with van der Waals surface area (Å²) in [5, 5.41) is 12.5. The molecule has 0 aliphatic carbocycles. The van der Waals surface area contributed by atoms with Gasteiger partial charge in [-0.15, -0.1) is 11.3 Å². The molecule has 2 rings (SSSR count). The average molecular weight is 289 g/mol. The Kier molecular flexibility index (Phi) is 2.90. The molecule has 0 saturated carbocycles. The summed E-state index contributed by atoms with van der Waals surface area (Å²) in [5.41, 5.74) is 0. The highest BCUT2D eigenvalue weighted by molar-refractivity contribution is 9.10. The molecule has 0 aliphatic rings. The molecule has 0 amide bonds. The van der Waals surface area contributed by atoms with Gasteiger partial charge in [0.05, 0.1) is 6.21 Å². The molecule has 72 valence electrons. The van der Waals surface area contributed by atoms with E-state index < -0.39 is 0 Å². The minimum absolute atomic E-state index is 0.483. The molecular formula is C7H5BrN4S2. The van der Waals surface area contributed by atoms with E-state index >= 15 is 0 Å². The van der Waals surface area contributed by atoms with E-state index in [0.29, 0.717) is 4.77 Å². The summed E-state index contributed by atoms with van der Waals surface area (Å²) in [6, 6.07) is 1.98. The Morgan fingerprint density at radius 3 is 3.14 bits per heavy atom. The monoisotopic (exact) mass is 288 g/mol. The van der Waals surface area contributed by atoms with Crippen LogP contribution in [0.5, 0.6) is 0 Å². The van der Waals surface area contributed by atoms with Crippen LogP contribution >= 0.6 is 39.5 Å². The van der Waals surface area contributed by atoms with E-state index in [1.807, 2.05) is 11.4 Å². The lowest BCUT2D eigenvalue weighted by Gasteiger charge is -1.87. The van der Waals surface area contributed by atoms with Crippen molar-refractivity contribution in [3.8, 4) is 0 Å². The lowest BCUT2D eigenvalue weighted by molar-refractivity contribution is 0.863. The highest BCUT2D eigenvalue weighted by Gasteiger charge is 1.93. The summed E-state index contributed by atoms with van der Waals surface area (Å²) in [4.78, 5) is 1.06. The molecule has 0 spiro atoms. The van der Waals surface area contributed by atoms with Crippen molar-refractivity contribution in [3.05, 3.63) is 31.9 Å². The van der Waals surface area contributed by atoms with Crippen molar-refractivity contribution in [2.75, 3.05) is 0 Å². The molecule has 0 fully saturated rings. The minimum atomic E-state index is 0.483. The van der Waals surface area contributed by atoms with E-state index in [4.69, 9.17) is 12.2 Å². The van der Waals surface area contributed by atoms with Crippen LogP contribution in [-0.4, -0.2) is 21.1 Å². The fourth-order valence-electron chi connectivity index (χ4n) is 0.840. The summed E-state index contributed by atoms with van der Waals surface area (Å²) in [6.45, 7) is 0. The third kappa shape index (κ3) is 2.17. The maximum Gasteiger partial charge on any atom is 0.216 e. The van der Waals surface area contributed by atoms with Gasteiger partial charge in [0, 0.05) is 14.7 Å². The summed E-state index contributed by atoms with van der Waals surface area (Å²) in [7, 11) is 0. The predicted octanol–water partition coefficient (Wildman–Crippen LogP) is 2.65. The van der Waals surface area contributed by atoms with E-state index in [0.717, 1.165) is 9.35 Å². The molecular weight excluding hydrogens is 284 g/mol. The lowest BCUT2D eigenvalue weighted by atomic mass is 10.5. The number of aromatic nitrogens is 3. The maximum absolute atomic E-state index is 4.93. The van der Waals surface area contributed by atoms with E-state index in [1.165, 1.54) is 11.0 Å². The van der Waals surface area contributed by atoms with Gasteiger partial charge in [-0.1, -0.05) is 0 Å². The van der Waals surface area contributed by atoms with Crippen molar-refractivity contribution in [2.24, 2.45) is 5.10 Å². The fourth-order valence-corrected chi connectivity index (χ4v) is 2.28. The number of H-pyrrole nitrogens is 1. The molecule has 0 aromatic carbocycles. The zero-order valence-electron chi connectivity index (χ0n) is 6.85. The molecule has 4 nitrogen and oxygen atoms in total. The summed E-state index contributed by atoms with van der Waals surface area (Å²) in [6.07, 6.45) is 3.27. The highest BCUT2D eigenvalue weighted by Crippen LogP contribution is 2.17. The molecule has 0 unspecified atom stereocenters. The first-order valence-corrected chi connectivity index (χ1v) is 5.74. The van der Waals surface area contributed by atoms with Gasteiger partial charge in [-0.05, 0) is 34.2 Å². The highest BCUT2D eigenvalue weighted by atomic mass is 79.9. The quantitative estimate of drug-likeness (QED) is 0.682. The maximum atomic E-state index is 4.93. The Morgan fingerprint density at radius 1 is 1.71 bits per heavy atom. The second-order valence-corrected chi connectivity index (χ2v) is 4.66. The van der Waals surface area contributed by atoms with E-state index in [2.05, 4.69) is 31.2 Å². The van der Waals surface area contributed by atoms with Crippen LogP contribution in [0.3, 0.4) is 0 Å². The number of aromatic amines is 1. The molecule has 2 aromatic rings. The molecule has 0 aliphatic heterocycles. The van der Waals surface area contributed by atoms with Crippen molar-refractivity contribution in [1.29, 1.82) is 0 Å². The molecule has 1 N–H and O–H groups in total. The van der Waals surface area contributed by atoms with Crippen molar-refractivity contribution < 1.29 is 0 Å². The minimum Gasteiger partial charge on any atom is -0.250 e. The number of hydrogen-bond donors (Lipinski definition) is 1. The van der Waals surface area contributed by atoms with Gasteiger partial charge in [0.15, 0.2) is 0 Å². The van der Waals surface area contributed by atoms with Crippen LogP contribution in [0.2, 0.25) is 0 Å². The van der Waals surface area contributed by atoms with Crippen molar-refractivity contribution >= 4 is 45.7 Å². The zero-order chi connectivity index (χ0) is 9.97. The second-order valence-electron chi connectivity index (χ2n) is 2.42. The van der Waals surface area contributed by atoms with Crippen molar-refractivity contribution in [2.45, 2.75) is 0 Å². The zero-order valence-corrected chi connectivity index (χ0v) is 10.1. The normalized spacial score (nSPS) is 11.2. The number of hydrogen-bond acceptors (Lipinski definition) is 4. The number of nitrogens with zero attached hydrogens (tertiary/aromatic N) is 3. The molecule has 0 atom stereocenters. The van der Waals surface area contributed by atoms with Crippen LogP contribution in [0.25, 0.3) is 0 Å². The largest absolute Gasteiger partial charge is 0.250 e. The number of rotatable bonds is 2. The smallest absolute Gasteiger partial charge is 0.216 e. The van der Waals surface area contributed by atoms with Crippen LogP contribution in [0.4, 0.5) is 0 Å².